The third-order valence-electron chi connectivity index (χ3n) is 6.44. The van der Waals surface area contributed by atoms with Gasteiger partial charge in [-0.15, -0.1) is 19.7 Å². The normalized spacial score (nSPS) is 12.3. The smallest absolute Gasteiger partial charge is 0.294 e. The molecule has 0 aliphatic heterocycles. The predicted octanol–water partition coefficient (Wildman–Crippen LogP) is 7.44. The van der Waals surface area contributed by atoms with Gasteiger partial charge in [0.2, 0.25) is 0 Å². The van der Waals surface area contributed by atoms with E-state index < -0.39 is 32.0 Å². The minimum Gasteiger partial charge on any atom is -0.505 e. The zero-order valence-electron chi connectivity index (χ0n) is 22.0. The maximum absolute atomic E-state index is 12.6. The Kier molecular flexibility index (Phi) is 7.83. The Hall–Kier alpha value is -5.10. The maximum Gasteiger partial charge on any atom is 0.294 e. The number of nitrogens with zero attached hydrogens (tertiary/aromatic N) is 5. The first-order chi connectivity index (χ1) is 21.2. The quantitative estimate of drug-likeness (QED) is 0.0429. The summed E-state index contributed by atoms with van der Waals surface area (Å²) in [5.74, 6) is -0.608. The number of pyridine rings is 2. The lowest BCUT2D eigenvalue weighted by Crippen LogP contribution is -2.06. The molecule has 0 unspecified atom stereocenters. The zero-order chi connectivity index (χ0) is 30.8. The van der Waals surface area contributed by atoms with Crippen molar-refractivity contribution in [2.75, 3.05) is 0 Å². The number of aromatic hydroxyl groups is 1. The van der Waals surface area contributed by atoms with Crippen molar-refractivity contribution in [2.24, 2.45) is 20.5 Å². The molecular weight excluding hydrogens is 612 g/mol. The molecule has 2 aromatic heterocycles. The van der Waals surface area contributed by atoms with Crippen LogP contribution in [0.4, 0.5) is 22.7 Å². The lowest BCUT2D eigenvalue weighted by molar-refractivity contribution is -0.432. The molecule has 14 nitrogen and oxygen atoms in total. The molecule has 4 N–H and O–H groups in total. The Bertz CT molecular complexity index is 2310. The van der Waals surface area contributed by atoms with Crippen molar-refractivity contribution in [3.05, 3.63) is 95.4 Å². The highest BCUT2D eigenvalue weighted by atomic mass is 32.2. The summed E-state index contributed by atoms with van der Waals surface area (Å²) in [5.41, 5.74) is 0.719. The van der Waals surface area contributed by atoms with Gasteiger partial charge in [0.25, 0.3) is 15.7 Å². The highest BCUT2D eigenvalue weighted by Crippen LogP contribution is 2.36. The minimum absolute atomic E-state index is 0.0470. The maximum atomic E-state index is 12.6. The van der Waals surface area contributed by atoms with Crippen LogP contribution in [-0.4, -0.2) is 33.3 Å². The molecule has 0 saturated carbocycles. The van der Waals surface area contributed by atoms with Gasteiger partial charge < -0.3 is 10.1 Å². The summed E-state index contributed by atoms with van der Waals surface area (Å²) in [7, 11) is -4.55. The Morgan fingerprint density at radius 1 is 0.841 bits per heavy atom. The van der Waals surface area contributed by atoms with Crippen LogP contribution >= 0.6 is 12.0 Å². The number of benzene rings is 4. The fraction of sp³-hybridized carbons (Fsp3) is 0. The van der Waals surface area contributed by atoms with Crippen LogP contribution in [0.3, 0.4) is 0 Å². The molecule has 2 heterocycles. The van der Waals surface area contributed by atoms with Crippen molar-refractivity contribution >= 4 is 77.5 Å². The molecule has 0 bridgehead atoms. The van der Waals surface area contributed by atoms with E-state index in [1.54, 1.807) is 42.6 Å². The van der Waals surface area contributed by atoms with E-state index in [1.165, 1.54) is 6.07 Å². The van der Waals surface area contributed by atoms with Crippen LogP contribution in [0.5, 0.6) is 5.75 Å². The van der Waals surface area contributed by atoms with E-state index in [1.807, 2.05) is 24.3 Å². The number of fused-ring (bicyclic) bond motifs is 3. The molecule has 220 valence electrons. The second kappa shape index (κ2) is 11.9. The fourth-order valence-corrected chi connectivity index (χ4v) is 5.32. The van der Waals surface area contributed by atoms with Gasteiger partial charge in [0, 0.05) is 21.9 Å². The van der Waals surface area contributed by atoms with Crippen molar-refractivity contribution in [2.45, 2.75) is 9.79 Å². The molecule has 0 radical (unpaired) electrons. The third kappa shape index (κ3) is 5.88. The van der Waals surface area contributed by atoms with Crippen molar-refractivity contribution in [1.82, 2.24) is 9.97 Å². The van der Waals surface area contributed by atoms with Crippen LogP contribution in [0.2, 0.25) is 0 Å². The summed E-state index contributed by atoms with van der Waals surface area (Å²) in [5, 5.41) is 41.9. The van der Waals surface area contributed by atoms with Gasteiger partial charge in [-0.25, -0.2) is 5.26 Å². The molecule has 16 heteroatoms. The zero-order valence-corrected chi connectivity index (χ0v) is 23.7. The summed E-state index contributed by atoms with van der Waals surface area (Å²) in [6, 6.07) is 21.0. The highest BCUT2D eigenvalue weighted by molar-refractivity contribution is 7.94. The molecule has 0 aliphatic carbocycles. The summed E-state index contributed by atoms with van der Waals surface area (Å²) < 4.78 is 36.9. The van der Waals surface area contributed by atoms with Gasteiger partial charge in [0.15, 0.2) is 11.4 Å². The molecule has 0 aliphatic rings. The molecule has 0 amide bonds. The van der Waals surface area contributed by atoms with E-state index in [9.17, 15) is 22.9 Å². The Balaban J connectivity index is 1.32. The number of aromatic amines is 1. The van der Waals surface area contributed by atoms with Crippen LogP contribution in [-0.2, 0) is 19.5 Å². The average molecular weight is 631 g/mol. The van der Waals surface area contributed by atoms with Gasteiger partial charge in [-0.3, -0.25) is 14.3 Å². The molecule has 44 heavy (non-hydrogen) atoms. The van der Waals surface area contributed by atoms with E-state index in [4.69, 9.17) is 5.26 Å². The largest absolute Gasteiger partial charge is 0.505 e. The van der Waals surface area contributed by atoms with E-state index in [-0.39, 0.29) is 10.9 Å². The number of rotatable bonds is 8. The molecule has 0 spiro atoms. The van der Waals surface area contributed by atoms with Gasteiger partial charge in [-0.2, -0.15) is 13.5 Å². The average Bonchev–Trinajstić information content (AvgIpc) is 3.02. The molecular formula is C28H18N6O8S2. The van der Waals surface area contributed by atoms with Gasteiger partial charge in [0.1, 0.15) is 5.69 Å². The van der Waals surface area contributed by atoms with E-state index in [0.717, 1.165) is 39.8 Å². The number of nitrogens with one attached hydrogen (secondary N) is 1. The molecule has 0 fully saturated rings. The number of aromatic nitrogens is 2. The Labute approximate surface area is 251 Å². The second-order valence-corrected chi connectivity index (χ2v) is 11.4. The number of hydrogen-bond acceptors (Lipinski definition) is 13. The molecule has 4 aromatic carbocycles. The molecule has 6 rings (SSSR count). The van der Waals surface area contributed by atoms with E-state index in [0.29, 0.717) is 28.0 Å². The van der Waals surface area contributed by atoms with Crippen molar-refractivity contribution < 1.29 is 32.7 Å². The fourth-order valence-electron chi connectivity index (χ4n) is 4.40. The van der Waals surface area contributed by atoms with Crippen molar-refractivity contribution in [3.8, 4) is 5.75 Å². The SMILES string of the molecule is O=c1[nH]c2ccc(S(=O)(=O)O)cc2c(O)c1/N=N/c1ccc(/N=N/c2ccc3cc(SOOO)ccc3c2)c2ncccc12. The van der Waals surface area contributed by atoms with Crippen molar-refractivity contribution in [1.29, 1.82) is 0 Å². The Morgan fingerprint density at radius 3 is 2.43 bits per heavy atom. The molecule has 0 saturated heterocycles. The predicted molar refractivity (Wildman–Crippen MR) is 161 cm³/mol. The third-order valence-corrected chi connectivity index (χ3v) is 7.87. The summed E-state index contributed by atoms with van der Waals surface area (Å²) >= 11 is 0.861. The first kappa shape index (κ1) is 29.0. The lowest BCUT2D eigenvalue weighted by atomic mass is 10.1. The van der Waals surface area contributed by atoms with Crippen LogP contribution in [0, 0.1) is 0 Å². The minimum atomic E-state index is -4.55. The standard InChI is InChI=1S/C28H18N6O8S2/c35-27-21-14-19(44(38,39)40)7-8-22(21)30-28(36)26(27)34-32-23-9-10-24(25-20(23)2-1-11-29-25)33-31-17-5-3-16-13-18(43-42-41-37)6-4-15(16)12-17/h1-14,37H,(H2,30,35,36)(H,38,39,40)/b33-31+,34-32+. The number of azo groups is 2. The number of hydrogen-bond donors (Lipinski definition) is 4. The van der Waals surface area contributed by atoms with Crippen LogP contribution in [0.1, 0.15) is 0 Å². The van der Waals surface area contributed by atoms with E-state index in [2.05, 4.69) is 39.8 Å². The highest BCUT2D eigenvalue weighted by Gasteiger charge is 2.16. The van der Waals surface area contributed by atoms with E-state index >= 15 is 0 Å². The second-order valence-electron chi connectivity index (χ2n) is 9.16. The van der Waals surface area contributed by atoms with Crippen LogP contribution < -0.4 is 5.56 Å². The molecule has 0 atom stereocenters. The lowest BCUT2D eigenvalue weighted by Gasteiger charge is -2.06. The summed E-state index contributed by atoms with van der Waals surface area (Å²) in [6.45, 7) is 0. The first-order valence-corrected chi connectivity index (χ1v) is 14.7. The van der Waals surface area contributed by atoms with Gasteiger partial charge in [-0.05, 0) is 77.5 Å². The Morgan fingerprint density at radius 2 is 1.61 bits per heavy atom. The molecule has 6 aromatic rings. The van der Waals surface area contributed by atoms with Crippen LogP contribution in [0.15, 0.2) is 120 Å². The topological polar surface area (TPSA) is 208 Å². The van der Waals surface area contributed by atoms with Gasteiger partial charge in [0.05, 0.1) is 39.3 Å². The van der Waals surface area contributed by atoms with Crippen LogP contribution in [0.25, 0.3) is 32.6 Å². The van der Waals surface area contributed by atoms with Gasteiger partial charge in [-0.1, -0.05) is 17.2 Å². The first-order valence-electron chi connectivity index (χ1n) is 12.5. The van der Waals surface area contributed by atoms with Gasteiger partial charge >= 0.3 is 0 Å². The number of H-pyrrole nitrogens is 1. The summed E-state index contributed by atoms with van der Waals surface area (Å²) in [4.78, 5) is 19.8. The monoisotopic (exact) mass is 630 g/mol. The summed E-state index contributed by atoms with van der Waals surface area (Å²) in [6.07, 6.45) is 1.58. The van der Waals surface area contributed by atoms with Crippen molar-refractivity contribution in [3.63, 3.8) is 0 Å².